The zero-order valence-corrected chi connectivity index (χ0v) is 9.72. The van der Waals surface area contributed by atoms with E-state index in [0.717, 1.165) is 5.92 Å². The molecule has 1 aromatic carbocycles. The van der Waals surface area contributed by atoms with E-state index in [1.54, 1.807) is 5.56 Å². The van der Waals surface area contributed by atoms with Gasteiger partial charge in [0.2, 0.25) is 0 Å². The van der Waals surface area contributed by atoms with E-state index in [1.807, 2.05) is 11.8 Å². The molecule has 0 unspecified atom stereocenters. The molecule has 0 aromatic heterocycles. The van der Waals surface area contributed by atoms with Gasteiger partial charge in [0.05, 0.1) is 0 Å². The van der Waals surface area contributed by atoms with Crippen LogP contribution in [0.1, 0.15) is 36.3 Å². The fourth-order valence-electron chi connectivity index (χ4n) is 2.57. The van der Waals surface area contributed by atoms with E-state index in [2.05, 4.69) is 18.2 Å². The number of fused-ring (bicyclic) bond motifs is 1. The number of rotatable bonds is 1. The van der Waals surface area contributed by atoms with Gasteiger partial charge in [0.1, 0.15) is 0 Å². The third-order valence-electron chi connectivity index (χ3n) is 3.58. The molecule has 0 bridgehead atoms. The normalized spacial score (nSPS) is 29.4. The largest absolute Gasteiger partial charge is 0.328 e. The van der Waals surface area contributed by atoms with Crippen LogP contribution in [0, 0.1) is 0 Å². The Kier molecular flexibility index (Phi) is 2.49. The fraction of sp³-hybridized carbons (Fsp3) is 0.538. The molecule has 0 radical (unpaired) electrons. The van der Waals surface area contributed by atoms with Crippen LogP contribution in [0.25, 0.3) is 0 Å². The topological polar surface area (TPSA) is 26.0 Å². The van der Waals surface area contributed by atoms with Gasteiger partial charge in [-0.25, -0.2) is 0 Å². The van der Waals surface area contributed by atoms with Crippen LogP contribution in [0.15, 0.2) is 23.1 Å². The molecule has 1 saturated carbocycles. The molecule has 80 valence electrons. The minimum absolute atomic E-state index is 0.459. The smallest absolute Gasteiger partial charge is 0.0104 e. The minimum atomic E-state index is 0.459. The highest BCUT2D eigenvalue weighted by Gasteiger charge is 2.27. The zero-order valence-electron chi connectivity index (χ0n) is 8.91. The molecule has 1 aliphatic carbocycles. The second-order valence-corrected chi connectivity index (χ2v) is 5.88. The Labute approximate surface area is 95.4 Å². The van der Waals surface area contributed by atoms with Gasteiger partial charge in [-0.15, -0.1) is 11.8 Å². The summed E-state index contributed by atoms with van der Waals surface area (Å²) in [6, 6.07) is 7.52. The number of thioether (sulfide) groups is 1. The molecule has 0 spiro atoms. The van der Waals surface area contributed by atoms with Crippen LogP contribution in [0.4, 0.5) is 0 Å². The molecule has 0 atom stereocenters. The van der Waals surface area contributed by atoms with Gasteiger partial charge in [-0.1, -0.05) is 12.1 Å². The first kappa shape index (κ1) is 9.73. The molecule has 1 aliphatic heterocycles. The van der Waals surface area contributed by atoms with Crippen molar-refractivity contribution in [1.82, 2.24) is 0 Å². The first-order valence-electron chi connectivity index (χ1n) is 5.84. The van der Waals surface area contributed by atoms with Gasteiger partial charge in [0.15, 0.2) is 0 Å². The Bertz CT molecular complexity index is 369. The number of aryl methyl sites for hydroxylation is 1. The van der Waals surface area contributed by atoms with Crippen molar-refractivity contribution in [3.63, 3.8) is 0 Å². The molecule has 2 aliphatic rings. The highest BCUT2D eigenvalue weighted by atomic mass is 32.2. The van der Waals surface area contributed by atoms with Crippen LogP contribution in [0.2, 0.25) is 0 Å². The Morgan fingerprint density at radius 2 is 2.13 bits per heavy atom. The van der Waals surface area contributed by atoms with Crippen molar-refractivity contribution >= 4 is 11.8 Å². The standard InChI is InChI=1S/C13H17NS/c14-12-7-11(8-12)9-3-4-13-10(6-9)2-1-5-15-13/h3-4,6,11-12H,1-2,5,7-8,14H2. The summed E-state index contributed by atoms with van der Waals surface area (Å²) in [6.45, 7) is 0. The van der Waals surface area contributed by atoms with Crippen molar-refractivity contribution in [1.29, 1.82) is 0 Å². The second-order valence-electron chi connectivity index (χ2n) is 4.75. The lowest BCUT2D eigenvalue weighted by Crippen LogP contribution is -2.34. The van der Waals surface area contributed by atoms with Crippen LogP contribution in [-0.2, 0) is 6.42 Å². The Morgan fingerprint density at radius 3 is 2.93 bits per heavy atom. The molecule has 1 nitrogen and oxygen atoms in total. The summed E-state index contributed by atoms with van der Waals surface area (Å²) in [5, 5.41) is 0. The second kappa shape index (κ2) is 3.84. The summed E-state index contributed by atoms with van der Waals surface area (Å²) in [5.74, 6) is 2.04. The van der Waals surface area contributed by atoms with Crippen molar-refractivity contribution in [2.24, 2.45) is 5.73 Å². The van der Waals surface area contributed by atoms with Crippen molar-refractivity contribution in [2.45, 2.75) is 42.5 Å². The maximum Gasteiger partial charge on any atom is 0.0104 e. The van der Waals surface area contributed by atoms with E-state index in [1.165, 1.54) is 41.9 Å². The van der Waals surface area contributed by atoms with Gasteiger partial charge in [0.25, 0.3) is 0 Å². The van der Waals surface area contributed by atoms with Crippen molar-refractivity contribution in [3.05, 3.63) is 29.3 Å². The molecule has 1 heterocycles. The van der Waals surface area contributed by atoms with Crippen molar-refractivity contribution in [2.75, 3.05) is 5.75 Å². The summed E-state index contributed by atoms with van der Waals surface area (Å²) in [7, 11) is 0. The lowest BCUT2D eigenvalue weighted by molar-refractivity contribution is 0.351. The van der Waals surface area contributed by atoms with Crippen LogP contribution in [0.5, 0.6) is 0 Å². The maximum absolute atomic E-state index is 5.84. The average Bonchev–Trinajstić information content (AvgIpc) is 2.24. The predicted molar refractivity (Wildman–Crippen MR) is 65.4 cm³/mol. The lowest BCUT2D eigenvalue weighted by atomic mass is 9.76. The molecule has 1 aromatic rings. The van der Waals surface area contributed by atoms with Gasteiger partial charge in [-0.2, -0.15) is 0 Å². The van der Waals surface area contributed by atoms with Crippen LogP contribution < -0.4 is 5.73 Å². The molecule has 3 rings (SSSR count). The number of nitrogens with two attached hydrogens (primary N) is 1. The van der Waals surface area contributed by atoms with E-state index in [-0.39, 0.29) is 0 Å². The Morgan fingerprint density at radius 1 is 1.27 bits per heavy atom. The van der Waals surface area contributed by atoms with E-state index < -0.39 is 0 Å². The van der Waals surface area contributed by atoms with Gasteiger partial charge >= 0.3 is 0 Å². The maximum atomic E-state index is 5.84. The molecule has 15 heavy (non-hydrogen) atoms. The third kappa shape index (κ3) is 1.81. The molecule has 2 heteroatoms. The highest BCUT2D eigenvalue weighted by Crippen LogP contribution is 2.38. The first-order chi connectivity index (χ1) is 7.33. The monoisotopic (exact) mass is 219 g/mol. The average molecular weight is 219 g/mol. The lowest BCUT2D eigenvalue weighted by Gasteiger charge is -2.33. The number of hydrogen-bond acceptors (Lipinski definition) is 2. The zero-order chi connectivity index (χ0) is 10.3. The van der Waals surface area contributed by atoms with E-state index in [4.69, 9.17) is 5.73 Å². The van der Waals surface area contributed by atoms with Crippen LogP contribution in [0.3, 0.4) is 0 Å². The molecule has 1 fully saturated rings. The Hall–Kier alpha value is -0.470. The summed E-state index contributed by atoms with van der Waals surface area (Å²) >= 11 is 2.01. The molecular formula is C13H17NS. The quantitative estimate of drug-likeness (QED) is 0.786. The van der Waals surface area contributed by atoms with E-state index in [0.29, 0.717) is 6.04 Å². The van der Waals surface area contributed by atoms with Crippen molar-refractivity contribution < 1.29 is 0 Å². The summed E-state index contributed by atoms with van der Waals surface area (Å²) in [6.07, 6.45) is 4.98. The number of benzene rings is 1. The van der Waals surface area contributed by atoms with Gasteiger partial charge in [-0.05, 0) is 54.5 Å². The first-order valence-corrected chi connectivity index (χ1v) is 6.82. The number of hydrogen-bond donors (Lipinski definition) is 1. The molecular weight excluding hydrogens is 202 g/mol. The van der Waals surface area contributed by atoms with Gasteiger partial charge in [-0.3, -0.25) is 0 Å². The van der Waals surface area contributed by atoms with E-state index in [9.17, 15) is 0 Å². The summed E-state index contributed by atoms with van der Waals surface area (Å²) in [4.78, 5) is 1.51. The summed E-state index contributed by atoms with van der Waals surface area (Å²) < 4.78 is 0. The van der Waals surface area contributed by atoms with Gasteiger partial charge in [0, 0.05) is 10.9 Å². The summed E-state index contributed by atoms with van der Waals surface area (Å²) in [5.41, 5.74) is 8.94. The fourth-order valence-corrected chi connectivity index (χ4v) is 3.59. The van der Waals surface area contributed by atoms with Crippen LogP contribution >= 0.6 is 11.8 Å². The van der Waals surface area contributed by atoms with Crippen molar-refractivity contribution in [3.8, 4) is 0 Å². The van der Waals surface area contributed by atoms with Crippen LogP contribution in [-0.4, -0.2) is 11.8 Å². The highest BCUT2D eigenvalue weighted by molar-refractivity contribution is 7.99. The molecule has 0 saturated heterocycles. The third-order valence-corrected chi connectivity index (χ3v) is 4.78. The van der Waals surface area contributed by atoms with E-state index >= 15 is 0 Å². The molecule has 2 N–H and O–H groups in total. The minimum Gasteiger partial charge on any atom is -0.328 e. The Balaban J connectivity index is 1.85. The molecule has 0 amide bonds. The predicted octanol–water partition coefficient (Wildman–Crippen LogP) is 2.93. The SMILES string of the molecule is NC1CC(c2ccc3c(c2)CCCS3)C1. The van der Waals surface area contributed by atoms with Gasteiger partial charge < -0.3 is 5.73 Å².